The summed E-state index contributed by atoms with van der Waals surface area (Å²) < 4.78 is 6.82. The lowest BCUT2D eigenvalue weighted by Gasteiger charge is -2.52. The van der Waals surface area contributed by atoms with E-state index in [9.17, 15) is 14.7 Å². The van der Waals surface area contributed by atoms with Crippen molar-refractivity contribution in [1.29, 1.82) is 0 Å². The molecule has 2 aliphatic carbocycles. The summed E-state index contributed by atoms with van der Waals surface area (Å²) in [6, 6.07) is 0. The maximum absolute atomic E-state index is 13.6. The Labute approximate surface area is 212 Å². The number of amides is 1. The highest BCUT2D eigenvalue weighted by Gasteiger charge is 2.55. The fourth-order valence-corrected chi connectivity index (χ4v) is 7.08. The van der Waals surface area contributed by atoms with Crippen LogP contribution in [0.2, 0.25) is 0 Å². The molecule has 1 amide bonds. The van der Waals surface area contributed by atoms with E-state index in [1.54, 1.807) is 12.4 Å². The minimum absolute atomic E-state index is 0. The Hall–Kier alpha value is -1.58. The number of ether oxygens (including phenoxy) is 1. The monoisotopic (exact) mass is 536 g/mol. The molecule has 1 aromatic rings. The van der Waals surface area contributed by atoms with Crippen LogP contribution in [0.4, 0.5) is 5.69 Å². The average molecular weight is 537 g/mol. The number of rotatable bonds is 7. The molecular formula is C25H37BrN4O4. The first kappa shape index (κ1) is 25.5. The minimum atomic E-state index is -1.34. The van der Waals surface area contributed by atoms with E-state index in [0.717, 1.165) is 77.3 Å². The van der Waals surface area contributed by atoms with Gasteiger partial charge >= 0.3 is 5.97 Å². The zero-order valence-electron chi connectivity index (χ0n) is 19.8. The second kappa shape index (κ2) is 10.6. The Balaban J connectivity index is 0.00000274. The summed E-state index contributed by atoms with van der Waals surface area (Å²) in [7, 11) is 0. The molecule has 2 bridgehead atoms. The SMILES string of the molecule is O=C(C[N+]12CCC(CC1)[C@@H](OC(=O)C(O)(C1CCCC1)C1CCCC1)C2)Nc1cncnc1.[Br-]. The number of nitrogens with one attached hydrogen (secondary N) is 1. The van der Waals surface area contributed by atoms with Crippen LogP contribution in [0, 0.1) is 17.8 Å². The molecule has 5 fully saturated rings. The molecule has 4 heterocycles. The highest BCUT2D eigenvalue weighted by Crippen LogP contribution is 2.46. The number of hydrogen-bond donors (Lipinski definition) is 2. The number of hydrogen-bond acceptors (Lipinski definition) is 6. The van der Waals surface area contributed by atoms with Gasteiger partial charge in [-0.15, -0.1) is 0 Å². The first-order valence-electron chi connectivity index (χ1n) is 12.8. The Morgan fingerprint density at radius 2 is 1.56 bits per heavy atom. The molecular weight excluding hydrogens is 500 g/mol. The summed E-state index contributed by atoms with van der Waals surface area (Å²) >= 11 is 0. The van der Waals surface area contributed by atoms with Gasteiger partial charge in [0.05, 0.1) is 31.2 Å². The van der Waals surface area contributed by atoms with Crippen LogP contribution in [0.5, 0.6) is 0 Å². The predicted octanol–water partition coefficient (Wildman–Crippen LogP) is -0.317. The van der Waals surface area contributed by atoms with E-state index in [1.807, 2.05) is 0 Å². The number of quaternary nitrogens is 1. The molecule has 2 saturated carbocycles. The van der Waals surface area contributed by atoms with E-state index >= 15 is 0 Å². The predicted molar refractivity (Wildman–Crippen MR) is 122 cm³/mol. The number of nitrogens with zero attached hydrogens (tertiary/aromatic N) is 3. The molecule has 8 nitrogen and oxygen atoms in total. The van der Waals surface area contributed by atoms with Gasteiger partial charge in [-0.05, 0) is 37.5 Å². The maximum atomic E-state index is 13.6. The van der Waals surface area contributed by atoms with Gasteiger partial charge in [0.2, 0.25) is 0 Å². The van der Waals surface area contributed by atoms with Crippen molar-refractivity contribution in [1.82, 2.24) is 9.97 Å². The van der Waals surface area contributed by atoms with Crippen molar-refractivity contribution in [3.8, 4) is 0 Å². The van der Waals surface area contributed by atoms with E-state index in [0.29, 0.717) is 29.2 Å². The molecule has 3 aliphatic heterocycles. The van der Waals surface area contributed by atoms with E-state index in [4.69, 9.17) is 4.74 Å². The second-order valence-electron chi connectivity index (χ2n) is 10.9. The molecule has 188 valence electrons. The lowest BCUT2D eigenvalue weighted by molar-refractivity contribution is -0.939. The zero-order valence-corrected chi connectivity index (χ0v) is 21.4. The summed E-state index contributed by atoms with van der Waals surface area (Å²) in [6.45, 7) is 2.85. The molecule has 5 aliphatic rings. The third-order valence-corrected chi connectivity index (χ3v) is 8.91. The summed E-state index contributed by atoms with van der Waals surface area (Å²) in [6.07, 6.45) is 14.3. The average Bonchev–Trinajstić information content (AvgIpc) is 3.54. The van der Waals surface area contributed by atoms with Gasteiger partial charge in [-0.3, -0.25) is 4.79 Å². The molecule has 0 radical (unpaired) electrons. The lowest BCUT2D eigenvalue weighted by atomic mass is 9.74. The molecule has 34 heavy (non-hydrogen) atoms. The van der Waals surface area contributed by atoms with Gasteiger partial charge in [0, 0.05) is 18.8 Å². The molecule has 0 unspecified atom stereocenters. The molecule has 6 rings (SSSR count). The molecule has 2 N–H and O–H groups in total. The van der Waals surface area contributed by atoms with Gasteiger partial charge in [-0.25, -0.2) is 14.8 Å². The number of carbonyl (C=O) groups excluding carboxylic acids is 2. The number of fused-ring (bicyclic) bond motifs is 3. The van der Waals surface area contributed by atoms with Crippen molar-refractivity contribution in [3.05, 3.63) is 18.7 Å². The molecule has 0 aromatic carbocycles. The number of piperidine rings is 3. The summed E-state index contributed by atoms with van der Waals surface area (Å²) in [5, 5.41) is 14.7. The number of anilines is 1. The van der Waals surface area contributed by atoms with Gasteiger partial charge in [0.15, 0.2) is 18.2 Å². The van der Waals surface area contributed by atoms with Crippen molar-refractivity contribution < 1.29 is 40.9 Å². The highest BCUT2D eigenvalue weighted by atomic mass is 79.9. The van der Waals surface area contributed by atoms with Gasteiger partial charge in [0.25, 0.3) is 5.91 Å². The second-order valence-corrected chi connectivity index (χ2v) is 10.9. The Kier molecular flexibility index (Phi) is 7.94. The topological polar surface area (TPSA) is 101 Å². The maximum Gasteiger partial charge on any atom is 0.339 e. The largest absolute Gasteiger partial charge is 1.00 e. The zero-order chi connectivity index (χ0) is 22.9. The van der Waals surface area contributed by atoms with Crippen LogP contribution in [0.1, 0.15) is 64.2 Å². The number of aliphatic hydroxyl groups is 1. The normalized spacial score (nSPS) is 29.6. The molecule has 9 heteroatoms. The molecule has 0 spiro atoms. The van der Waals surface area contributed by atoms with Gasteiger partial charge in [-0.1, -0.05) is 25.7 Å². The first-order chi connectivity index (χ1) is 16.0. The van der Waals surface area contributed by atoms with E-state index in [1.165, 1.54) is 6.33 Å². The smallest absolute Gasteiger partial charge is 0.339 e. The van der Waals surface area contributed by atoms with E-state index < -0.39 is 5.60 Å². The summed E-state index contributed by atoms with van der Waals surface area (Å²) in [5.41, 5.74) is -0.747. The van der Waals surface area contributed by atoms with Crippen molar-refractivity contribution in [2.24, 2.45) is 17.8 Å². The van der Waals surface area contributed by atoms with E-state index in [-0.39, 0.29) is 46.8 Å². The lowest BCUT2D eigenvalue weighted by Crippen LogP contribution is -3.00. The number of halogens is 1. The van der Waals surface area contributed by atoms with Crippen molar-refractivity contribution in [2.45, 2.75) is 75.9 Å². The third-order valence-electron chi connectivity index (χ3n) is 8.91. The molecule has 3 saturated heterocycles. The van der Waals surface area contributed by atoms with Crippen LogP contribution in [-0.2, 0) is 14.3 Å². The minimum Gasteiger partial charge on any atom is -1.00 e. The summed E-state index contributed by atoms with van der Waals surface area (Å²) in [5.74, 6) is -0.0731. The fraction of sp³-hybridized carbons (Fsp3) is 0.760. The quantitative estimate of drug-likeness (QED) is 0.366. The van der Waals surface area contributed by atoms with Gasteiger partial charge in [-0.2, -0.15) is 0 Å². The fourth-order valence-electron chi connectivity index (χ4n) is 7.08. The van der Waals surface area contributed by atoms with Crippen molar-refractivity contribution in [3.63, 3.8) is 0 Å². The number of carbonyl (C=O) groups is 2. The van der Waals surface area contributed by atoms with Crippen LogP contribution in [0.3, 0.4) is 0 Å². The Morgan fingerprint density at radius 3 is 2.12 bits per heavy atom. The van der Waals surface area contributed by atoms with Crippen LogP contribution in [0.15, 0.2) is 18.7 Å². The number of esters is 1. The van der Waals surface area contributed by atoms with Crippen molar-refractivity contribution in [2.75, 3.05) is 31.5 Å². The number of aromatic nitrogens is 2. The molecule has 1 aromatic heterocycles. The van der Waals surface area contributed by atoms with Gasteiger partial charge < -0.3 is 36.6 Å². The first-order valence-corrected chi connectivity index (χ1v) is 12.8. The van der Waals surface area contributed by atoms with Crippen LogP contribution < -0.4 is 22.3 Å². The summed E-state index contributed by atoms with van der Waals surface area (Å²) in [4.78, 5) is 34.2. The van der Waals surface area contributed by atoms with Crippen LogP contribution >= 0.6 is 0 Å². The van der Waals surface area contributed by atoms with Crippen LogP contribution in [-0.4, -0.2) is 69.3 Å². The molecule has 1 atom stereocenters. The highest BCUT2D eigenvalue weighted by molar-refractivity contribution is 5.91. The Morgan fingerprint density at radius 1 is 1.00 bits per heavy atom. The van der Waals surface area contributed by atoms with E-state index in [2.05, 4.69) is 15.3 Å². The van der Waals surface area contributed by atoms with Crippen LogP contribution in [0.25, 0.3) is 0 Å². The third kappa shape index (κ3) is 5.02. The Bertz CT molecular complexity index is 834. The standard InChI is InChI=1S/C25H36N4O4.BrH/c30-23(28-21-13-26-17-27-14-21)16-29-11-9-18(10-12-29)22(15-29)33-24(31)25(32,19-5-1-2-6-19)20-7-3-4-8-20;/h13-14,17-20,22,32H,1-12,15-16H2;1H/t18?,22-,29?;/m0./s1. The van der Waals surface area contributed by atoms with Crippen molar-refractivity contribution >= 4 is 17.6 Å². The van der Waals surface area contributed by atoms with Gasteiger partial charge in [0.1, 0.15) is 12.9 Å².